The maximum absolute atomic E-state index is 13.3. The van der Waals surface area contributed by atoms with Gasteiger partial charge in [-0.1, -0.05) is 28.1 Å². The van der Waals surface area contributed by atoms with Gasteiger partial charge >= 0.3 is 0 Å². The third kappa shape index (κ3) is 8.73. The van der Waals surface area contributed by atoms with E-state index in [2.05, 4.69) is 54.7 Å². The van der Waals surface area contributed by atoms with Crippen LogP contribution in [0.25, 0.3) is 10.9 Å². The minimum atomic E-state index is 0.00156. The average Bonchev–Trinajstić information content (AvgIpc) is 3.31. The van der Waals surface area contributed by atoms with Gasteiger partial charge in [0.05, 0.1) is 12.1 Å². The Morgan fingerprint density at radius 3 is 2.38 bits per heavy atom. The second-order valence-electron chi connectivity index (χ2n) is 10.5. The van der Waals surface area contributed by atoms with Gasteiger partial charge in [0.25, 0.3) is 5.91 Å². The number of hydrogen-bond donors (Lipinski definition) is 1. The number of carbonyl (C=O) groups excluding carboxylic acids is 3. The van der Waals surface area contributed by atoms with Gasteiger partial charge in [0, 0.05) is 79.6 Å². The largest absolute Gasteiger partial charge is 0.353 e. The van der Waals surface area contributed by atoms with Crippen LogP contribution in [-0.4, -0.2) is 109 Å². The molecule has 0 bridgehead atoms. The lowest BCUT2D eigenvalue weighted by atomic mass is 10.1. The summed E-state index contributed by atoms with van der Waals surface area (Å²) in [5, 5.41) is 3.93. The summed E-state index contributed by atoms with van der Waals surface area (Å²) in [4.78, 5) is 46.9. The number of halogens is 1. The number of benzene rings is 1. The molecular weight excluding hydrogens is 598 g/mol. The SMILES string of the molecule is C=CC.CN(C)Cc1ccc(N2CCN(C(=O)c3cn(CC=O)c4ccc(Br)cc34)CC2)nc1.CNC1CN(C=O)C1. The van der Waals surface area contributed by atoms with Crippen LogP contribution < -0.4 is 10.2 Å². The normalized spacial score (nSPS) is 14.9. The van der Waals surface area contributed by atoms with Crippen molar-refractivity contribution in [3.63, 3.8) is 0 Å². The summed E-state index contributed by atoms with van der Waals surface area (Å²) in [6.45, 7) is 10.8. The summed E-state index contributed by atoms with van der Waals surface area (Å²) in [6.07, 6.45) is 7.21. The van der Waals surface area contributed by atoms with Crippen LogP contribution >= 0.6 is 15.9 Å². The van der Waals surface area contributed by atoms with Gasteiger partial charge < -0.3 is 34.3 Å². The molecule has 0 atom stereocenters. The third-order valence-electron chi connectivity index (χ3n) is 7.01. The standard InChI is InChI=1S/C23H26BrN5O2.C5H10N2O.C3H6/c1-26(2)15-17-3-6-22(25-14-17)27-7-9-28(10-8-27)23(31)20-16-29(11-12-30)21-5-4-18(24)13-19(20)21;1-6-5-2-7(3-5)4-8;1-3-2/h3-6,12-14,16H,7-11,15H2,1-2H3;4-6H,2-3H2,1H3;3H,1H2,2H3. The number of amides is 2. The summed E-state index contributed by atoms with van der Waals surface area (Å²) >= 11 is 3.49. The van der Waals surface area contributed by atoms with Crippen molar-refractivity contribution in [1.29, 1.82) is 0 Å². The zero-order valence-corrected chi connectivity index (χ0v) is 26.6. The fourth-order valence-electron chi connectivity index (χ4n) is 4.82. The van der Waals surface area contributed by atoms with E-state index >= 15 is 0 Å². The smallest absolute Gasteiger partial charge is 0.256 e. The average molecular weight is 641 g/mol. The number of pyridine rings is 1. The van der Waals surface area contributed by atoms with Crippen molar-refractivity contribution in [1.82, 2.24) is 29.6 Å². The van der Waals surface area contributed by atoms with Crippen LogP contribution in [0.4, 0.5) is 5.82 Å². The second-order valence-corrected chi connectivity index (χ2v) is 11.4. The third-order valence-corrected chi connectivity index (χ3v) is 7.50. The Morgan fingerprint density at radius 2 is 1.83 bits per heavy atom. The number of piperazine rings is 1. The fourth-order valence-corrected chi connectivity index (χ4v) is 5.18. The van der Waals surface area contributed by atoms with E-state index in [1.54, 1.807) is 17.2 Å². The molecule has 5 rings (SSSR count). The highest BCUT2D eigenvalue weighted by Gasteiger charge is 2.26. The zero-order chi connectivity index (χ0) is 30.6. The van der Waals surface area contributed by atoms with Gasteiger partial charge in [0.2, 0.25) is 6.41 Å². The molecule has 0 spiro atoms. The second kappa shape index (κ2) is 16.2. The van der Waals surface area contributed by atoms with E-state index in [1.807, 2.05) is 61.9 Å². The Bertz CT molecular complexity index is 1330. The molecule has 0 aliphatic carbocycles. The number of fused-ring (bicyclic) bond motifs is 1. The minimum Gasteiger partial charge on any atom is -0.353 e. The molecule has 2 aromatic heterocycles. The number of nitrogens with one attached hydrogen (secondary N) is 1. The van der Waals surface area contributed by atoms with Gasteiger partial charge in [-0.2, -0.15) is 0 Å². The first kappa shape index (κ1) is 33.0. The minimum absolute atomic E-state index is 0.00156. The number of aldehydes is 1. The number of likely N-dealkylation sites (N-methyl/N-ethyl adjacent to an activating group) is 1. The van der Waals surface area contributed by atoms with E-state index in [0.717, 1.165) is 66.6 Å². The molecule has 226 valence electrons. The van der Waals surface area contributed by atoms with Crippen LogP contribution in [0.5, 0.6) is 0 Å². The Labute approximate surface area is 257 Å². The monoisotopic (exact) mass is 639 g/mol. The van der Waals surface area contributed by atoms with Crippen LogP contribution in [0.1, 0.15) is 22.8 Å². The van der Waals surface area contributed by atoms with Crippen molar-refractivity contribution >= 4 is 51.3 Å². The van der Waals surface area contributed by atoms with Gasteiger partial charge in [0.1, 0.15) is 12.1 Å². The lowest BCUT2D eigenvalue weighted by Gasteiger charge is -2.35. The maximum Gasteiger partial charge on any atom is 0.256 e. The van der Waals surface area contributed by atoms with Crippen LogP contribution in [0, 0.1) is 0 Å². The molecule has 1 N–H and O–H groups in total. The van der Waals surface area contributed by atoms with Crippen LogP contribution in [0.15, 0.2) is 59.9 Å². The summed E-state index contributed by atoms with van der Waals surface area (Å²) < 4.78 is 2.74. The maximum atomic E-state index is 13.3. The topological polar surface area (TPSA) is 94.0 Å². The molecule has 10 nitrogen and oxygen atoms in total. The number of anilines is 1. The molecule has 2 aliphatic rings. The number of aromatic nitrogens is 2. The highest BCUT2D eigenvalue weighted by atomic mass is 79.9. The van der Waals surface area contributed by atoms with Gasteiger partial charge in [-0.15, -0.1) is 6.58 Å². The van der Waals surface area contributed by atoms with E-state index in [1.165, 1.54) is 5.56 Å². The van der Waals surface area contributed by atoms with Crippen molar-refractivity contribution in [3.8, 4) is 0 Å². The highest BCUT2D eigenvalue weighted by molar-refractivity contribution is 9.10. The molecule has 2 aliphatic heterocycles. The lowest BCUT2D eigenvalue weighted by molar-refractivity contribution is -0.122. The molecule has 4 heterocycles. The summed E-state index contributed by atoms with van der Waals surface area (Å²) in [7, 11) is 5.99. The number of rotatable bonds is 8. The highest BCUT2D eigenvalue weighted by Crippen LogP contribution is 2.27. The van der Waals surface area contributed by atoms with Crippen molar-refractivity contribution in [2.24, 2.45) is 0 Å². The zero-order valence-electron chi connectivity index (χ0n) is 25.0. The number of likely N-dealkylation sites (tertiary alicyclic amines) is 1. The van der Waals surface area contributed by atoms with Gasteiger partial charge in [-0.3, -0.25) is 9.59 Å². The van der Waals surface area contributed by atoms with Crippen molar-refractivity contribution < 1.29 is 14.4 Å². The first-order chi connectivity index (χ1) is 20.2. The van der Waals surface area contributed by atoms with Gasteiger partial charge in [-0.25, -0.2) is 4.98 Å². The van der Waals surface area contributed by atoms with Crippen molar-refractivity contribution in [2.75, 3.05) is 65.3 Å². The van der Waals surface area contributed by atoms with Crippen LogP contribution in [0.3, 0.4) is 0 Å². The first-order valence-corrected chi connectivity index (χ1v) is 14.8. The molecule has 0 saturated carbocycles. The summed E-state index contributed by atoms with van der Waals surface area (Å²) in [5.74, 6) is 0.947. The Hall–Kier alpha value is -3.54. The molecule has 42 heavy (non-hydrogen) atoms. The molecule has 2 amide bonds. The molecule has 1 aromatic carbocycles. The predicted molar refractivity (Wildman–Crippen MR) is 172 cm³/mol. The number of hydrogen-bond acceptors (Lipinski definition) is 7. The van der Waals surface area contributed by atoms with E-state index in [-0.39, 0.29) is 12.5 Å². The summed E-state index contributed by atoms with van der Waals surface area (Å²) in [5.41, 5.74) is 2.71. The quantitative estimate of drug-likeness (QED) is 0.299. The van der Waals surface area contributed by atoms with E-state index in [4.69, 9.17) is 0 Å². The van der Waals surface area contributed by atoms with Crippen molar-refractivity contribution in [3.05, 3.63) is 71.0 Å². The van der Waals surface area contributed by atoms with Gasteiger partial charge in [-0.05, 0) is 57.9 Å². The molecule has 0 radical (unpaired) electrons. The van der Waals surface area contributed by atoms with Gasteiger partial charge in [0.15, 0.2) is 0 Å². The molecule has 2 saturated heterocycles. The summed E-state index contributed by atoms with van der Waals surface area (Å²) in [6, 6.07) is 10.5. The van der Waals surface area contributed by atoms with E-state index in [0.29, 0.717) is 24.7 Å². The molecule has 3 aromatic rings. The lowest BCUT2D eigenvalue weighted by Crippen LogP contribution is -2.56. The Kier molecular flexibility index (Phi) is 12.7. The molecule has 0 unspecified atom stereocenters. The molecular formula is C31H42BrN7O3. The number of allylic oxidation sites excluding steroid dienone is 1. The number of carbonyl (C=O) groups is 3. The van der Waals surface area contributed by atoms with Crippen LogP contribution in [-0.2, 0) is 22.7 Å². The first-order valence-electron chi connectivity index (χ1n) is 14.0. The van der Waals surface area contributed by atoms with Crippen LogP contribution in [0.2, 0.25) is 0 Å². The van der Waals surface area contributed by atoms with E-state index < -0.39 is 0 Å². The predicted octanol–water partition coefficient (Wildman–Crippen LogP) is 3.26. The fraction of sp³-hybridized carbons (Fsp3) is 0.419. The molecule has 2 fully saturated rings. The Morgan fingerprint density at radius 1 is 1.14 bits per heavy atom. The Balaban J connectivity index is 0.000000372. The van der Waals surface area contributed by atoms with Crippen molar-refractivity contribution in [2.45, 2.75) is 26.1 Å². The molecule has 11 heteroatoms. The van der Waals surface area contributed by atoms with E-state index in [9.17, 15) is 14.4 Å². The number of nitrogens with zero attached hydrogens (tertiary/aromatic N) is 6.